The van der Waals surface area contributed by atoms with Crippen LogP contribution >= 0.6 is 0 Å². The van der Waals surface area contributed by atoms with E-state index in [0.717, 1.165) is 24.8 Å². The highest BCUT2D eigenvalue weighted by Gasteiger charge is 2.51. The zero-order valence-electron chi connectivity index (χ0n) is 31.4. The Morgan fingerprint density at radius 3 is 2.24 bits per heavy atom. The molecule has 3 rings (SSSR count). The minimum absolute atomic E-state index is 0.000788. The maximum absolute atomic E-state index is 11.8. The molecule has 0 heterocycles. The molecule has 0 N–H and O–H groups in total. The van der Waals surface area contributed by atoms with Crippen LogP contribution in [0.3, 0.4) is 0 Å². The highest BCUT2D eigenvalue weighted by Crippen LogP contribution is 2.58. The van der Waals surface area contributed by atoms with Gasteiger partial charge in [-0.25, -0.2) is 0 Å². The summed E-state index contributed by atoms with van der Waals surface area (Å²) >= 11 is 0. The Kier molecular flexibility index (Phi) is 12.5. The van der Waals surface area contributed by atoms with Gasteiger partial charge in [0.25, 0.3) is 0 Å². The molecule has 7 heteroatoms. The number of allylic oxidation sites excluding steroid dienone is 3. The van der Waals surface area contributed by atoms with Crippen LogP contribution in [0.15, 0.2) is 35.5 Å². The van der Waals surface area contributed by atoms with Gasteiger partial charge in [0.05, 0.1) is 37.9 Å². The van der Waals surface area contributed by atoms with Crippen molar-refractivity contribution < 1.29 is 23.1 Å². The molecule has 0 aromatic carbocycles. The van der Waals surface area contributed by atoms with Crippen molar-refractivity contribution in [2.75, 3.05) is 13.2 Å². The van der Waals surface area contributed by atoms with E-state index in [1.54, 1.807) is 5.57 Å². The zero-order valence-corrected chi connectivity index (χ0v) is 33.4. The molecule has 45 heavy (non-hydrogen) atoms. The molecular weight excluding hydrogens is 593 g/mol. The SMILES string of the molecule is C=C1C(=C/C=C2\CCC[C@]3(C)[C@@H]([C@H](C)OCCC(=O)OCC)CC[C@@H]23)C[C@@H](O[Si](C)(C)C(C)(C)C)C[C@@H]1O[Si](C)(C)C(C)(C)C. The lowest BCUT2D eigenvalue weighted by Gasteiger charge is -2.45. The van der Waals surface area contributed by atoms with Gasteiger partial charge >= 0.3 is 5.97 Å². The van der Waals surface area contributed by atoms with Crippen LogP contribution in [0.25, 0.3) is 0 Å². The monoisotopic (exact) mass is 660 g/mol. The normalized spacial score (nSPS) is 30.9. The second-order valence-electron chi connectivity index (χ2n) is 17.5. The number of esters is 1. The topological polar surface area (TPSA) is 54.0 Å². The molecule has 0 aromatic rings. The molecule has 3 aliphatic rings. The molecule has 3 aliphatic carbocycles. The fraction of sp³-hybridized carbons (Fsp3) is 0.816. The van der Waals surface area contributed by atoms with Crippen molar-refractivity contribution in [3.8, 4) is 0 Å². The molecule has 0 amide bonds. The van der Waals surface area contributed by atoms with E-state index in [2.05, 4.69) is 100 Å². The van der Waals surface area contributed by atoms with Gasteiger partial charge in [-0.15, -0.1) is 0 Å². The summed E-state index contributed by atoms with van der Waals surface area (Å²) < 4.78 is 25.5. The first-order valence-corrected chi connectivity index (χ1v) is 23.7. The van der Waals surface area contributed by atoms with E-state index >= 15 is 0 Å². The van der Waals surface area contributed by atoms with Crippen LogP contribution < -0.4 is 0 Å². The number of fused-ring (bicyclic) bond motifs is 1. The number of rotatable bonds is 11. The van der Waals surface area contributed by atoms with Crippen molar-refractivity contribution in [3.05, 3.63) is 35.5 Å². The van der Waals surface area contributed by atoms with Crippen LogP contribution in [0.5, 0.6) is 0 Å². The van der Waals surface area contributed by atoms with E-state index in [-0.39, 0.29) is 39.8 Å². The van der Waals surface area contributed by atoms with E-state index in [1.807, 2.05) is 6.92 Å². The number of hydrogen-bond donors (Lipinski definition) is 0. The quantitative estimate of drug-likeness (QED) is 0.163. The standard InChI is InChI=1S/C38H68O5Si2/c1-15-40-35(39)22-24-41-28(3)32-20-21-33-29(17-16-23-38(32,33)10)18-19-30-25-31(42-44(11,12)36(4,5)6)26-34(27(30)2)43-45(13,14)37(7,8)9/h18-19,28,31-34H,2,15-17,20-26H2,1,3-14H3/b29-18+,30-19?/t28-,31+,32+,33-,34-,38+/m0/s1. The van der Waals surface area contributed by atoms with Crippen molar-refractivity contribution in [1.82, 2.24) is 0 Å². The summed E-state index contributed by atoms with van der Waals surface area (Å²) in [6, 6.07) is 0. The average Bonchev–Trinajstić information content (AvgIpc) is 3.25. The Morgan fingerprint density at radius 1 is 1.02 bits per heavy atom. The van der Waals surface area contributed by atoms with Crippen LogP contribution in [0.4, 0.5) is 0 Å². The van der Waals surface area contributed by atoms with E-state index in [0.29, 0.717) is 31.5 Å². The van der Waals surface area contributed by atoms with Gasteiger partial charge in [-0.1, -0.05) is 72.8 Å². The van der Waals surface area contributed by atoms with Crippen LogP contribution in [0.1, 0.15) is 114 Å². The van der Waals surface area contributed by atoms with E-state index in [4.69, 9.17) is 18.3 Å². The Balaban J connectivity index is 1.84. The number of ether oxygens (including phenoxy) is 2. The first kappa shape index (κ1) is 38.5. The van der Waals surface area contributed by atoms with Gasteiger partial charge in [-0.05, 0) is 117 Å². The molecule has 5 nitrogen and oxygen atoms in total. The number of carbonyl (C=O) groups is 1. The Hall–Kier alpha value is -0.996. The van der Waals surface area contributed by atoms with E-state index in [9.17, 15) is 4.79 Å². The summed E-state index contributed by atoms with van der Waals surface area (Å²) in [5.74, 6) is 0.893. The Labute approximate surface area is 279 Å². The van der Waals surface area contributed by atoms with Gasteiger partial charge < -0.3 is 18.3 Å². The Morgan fingerprint density at radius 2 is 1.64 bits per heavy atom. The predicted octanol–water partition coefficient (Wildman–Crippen LogP) is 10.5. The lowest BCUT2D eigenvalue weighted by molar-refractivity contribution is -0.145. The summed E-state index contributed by atoms with van der Waals surface area (Å²) in [5, 5.41) is 0.298. The molecule has 6 atom stereocenters. The second-order valence-corrected chi connectivity index (χ2v) is 27.0. The van der Waals surface area contributed by atoms with E-state index in [1.165, 1.54) is 31.3 Å². The van der Waals surface area contributed by atoms with Crippen LogP contribution in [0, 0.1) is 17.3 Å². The third-order valence-corrected chi connectivity index (χ3v) is 21.4. The van der Waals surface area contributed by atoms with Crippen molar-refractivity contribution in [2.24, 2.45) is 17.3 Å². The number of carbonyl (C=O) groups excluding carboxylic acids is 1. The highest BCUT2D eigenvalue weighted by molar-refractivity contribution is 6.74. The fourth-order valence-corrected chi connectivity index (χ4v) is 10.2. The summed E-state index contributed by atoms with van der Waals surface area (Å²) in [7, 11) is -3.94. The molecule has 0 bridgehead atoms. The highest BCUT2D eigenvalue weighted by atomic mass is 28.4. The molecule has 0 unspecified atom stereocenters. The van der Waals surface area contributed by atoms with Crippen molar-refractivity contribution >= 4 is 22.6 Å². The maximum atomic E-state index is 11.8. The van der Waals surface area contributed by atoms with Crippen molar-refractivity contribution in [2.45, 2.75) is 168 Å². The minimum atomic E-state index is -2.00. The van der Waals surface area contributed by atoms with Crippen molar-refractivity contribution in [1.29, 1.82) is 0 Å². The average molecular weight is 661 g/mol. The molecule has 0 saturated heterocycles. The van der Waals surface area contributed by atoms with E-state index < -0.39 is 16.6 Å². The molecule has 258 valence electrons. The molecule has 3 saturated carbocycles. The first-order chi connectivity index (χ1) is 20.6. The summed E-state index contributed by atoms with van der Waals surface area (Å²) in [6.07, 6.45) is 13.2. The molecule has 0 aromatic heterocycles. The van der Waals surface area contributed by atoms with Crippen LogP contribution in [-0.4, -0.2) is 54.1 Å². The maximum Gasteiger partial charge on any atom is 0.308 e. The number of hydrogen-bond acceptors (Lipinski definition) is 5. The van der Waals surface area contributed by atoms with Gasteiger partial charge in [0.2, 0.25) is 0 Å². The van der Waals surface area contributed by atoms with Gasteiger partial charge in [0.15, 0.2) is 16.6 Å². The summed E-state index contributed by atoms with van der Waals surface area (Å²) in [5.41, 5.74) is 4.26. The first-order valence-electron chi connectivity index (χ1n) is 17.8. The van der Waals surface area contributed by atoms with Crippen LogP contribution in [0.2, 0.25) is 36.3 Å². The lowest BCUT2D eigenvalue weighted by Crippen LogP contribution is -2.49. The van der Waals surface area contributed by atoms with Crippen molar-refractivity contribution in [3.63, 3.8) is 0 Å². The molecule has 0 radical (unpaired) electrons. The molecular formula is C38H68O5Si2. The summed E-state index contributed by atoms with van der Waals surface area (Å²) in [6.45, 7) is 35.4. The molecule has 0 aliphatic heterocycles. The van der Waals surface area contributed by atoms with Gasteiger partial charge in [-0.2, -0.15) is 0 Å². The molecule has 0 spiro atoms. The largest absolute Gasteiger partial charge is 0.466 e. The minimum Gasteiger partial charge on any atom is -0.466 e. The predicted molar refractivity (Wildman–Crippen MR) is 194 cm³/mol. The van der Waals surface area contributed by atoms with Gasteiger partial charge in [0.1, 0.15) is 0 Å². The second kappa shape index (κ2) is 14.6. The van der Waals surface area contributed by atoms with Crippen LogP contribution in [-0.2, 0) is 23.1 Å². The zero-order chi connectivity index (χ0) is 34.0. The Bertz CT molecular complexity index is 1110. The summed E-state index contributed by atoms with van der Waals surface area (Å²) in [4.78, 5) is 11.8. The third-order valence-electron chi connectivity index (χ3n) is 12.3. The smallest absolute Gasteiger partial charge is 0.308 e. The lowest BCUT2D eigenvalue weighted by atomic mass is 9.62. The molecule has 3 fully saturated rings. The fourth-order valence-electron chi connectivity index (χ4n) is 7.49. The third kappa shape index (κ3) is 9.13. The van der Waals surface area contributed by atoms with Gasteiger partial charge in [-0.3, -0.25) is 4.79 Å². The van der Waals surface area contributed by atoms with Gasteiger partial charge in [0, 0.05) is 6.42 Å².